The number of aliphatic hydroxyl groups is 1. The molecule has 2 aliphatic rings. The Morgan fingerprint density at radius 1 is 1.07 bits per heavy atom. The summed E-state index contributed by atoms with van der Waals surface area (Å²) < 4.78 is 17.2. The summed E-state index contributed by atoms with van der Waals surface area (Å²) in [6.45, 7) is 5.54. The van der Waals surface area contributed by atoms with Crippen molar-refractivity contribution in [2.24, 2.45) is 0 Å². The van der Waals surface area contributed by atoms with Crippen molar-refractivity contribution in [3.8, 4) is 11.5 Å². The quantitative estimate of drug-likeness (QED) is 0.761. The molecule has 3 heterocycles. The van der Waals surface area contributed by atoms with Gasteiger partial charge in [0.25, 0.3) is 5.82 Å². The predicted molar refractivity (Wildman–Crippen MR) is 105 cm³/mol. The first-order chi connectivity index (χ1) is 13.8. The number of β-amino-alcohol motifs (C(OH)–C–C–N with tert-alkyl or cyclic N) is 1. The number of hydrogen-bond acceptors (Lipinski definition) is 6. The summed E-state index contributed by atoms with van der Waals surface area (Å²) in [5.41, 5.74) is 0. The van der Waals surface area contributed by atoms with E-state index < -0.39 is 6.10 Å². The van der Waals surface area contributed by atoms with Crippen molar-refractivity contribution >= 4 is 5.82 Å². The van der Waals surface area contributed by atoms with Crippen molar-refractivity contribution in [3.05, 3.63) is 48.7 Å². The summed E-state index contributed by atoms with van der Waals surface area (Å²) >= 11 is 0. The fourth-order valence-corrected chi connectivity index (χ4v) is 3.58. The van der Waals surface area contributed by atoms with E-state index in [0.717, 1.165) is 43.5 Å². The predicted octanol–water partition coefficient (Wildman–Crippen LogP) is 0.840. The third kappa shape index (κ3) is 4.92. The number of benzene rings is 1. The number of aliphatic hydroxyl groups excluding tert-OH is 1. The van der Waals surface area contributed by atoms with Crippen molar-refractivity contribution in [1.82, 2.24) is 4.90 Å². The van der Waals surface area contributed by atoms with Crippen LogP contribution in [-0.2, 0) is 4.74 Å². The van der Waals surface area contributed by atoms with E-state index in [2.05, 4.69) is 20.9 Å². The monoisotopic (exact) mass is 386 g/mol. The molecule has 150 valence electrons. The van der Waals surface area contributed by atoms with Crippen LogP contribution in [-0.4, -0.2) is 74.8 Å². The maximum absolute atomic E-state index is 10.3. The molecular formula is C21H28N3O4+. The minimum atomic E-state index is -0.508. The molecule has 2 aromatic rings. The van der Waals surface area contributed by atoms with Gasteiger partial charge in [-0.05, 0) is 18.2 Å². The molecule has 4 rings (SSSR count). The number of nitrogens with one attached hydrogen (secondary N) is 1. The number of aromatic nitrogens is 1. The molecule has 0 saturated carbocycles. The molecule has 0 aliphatic carbocycles. The Bertz CT molecular complexity index is 737. The second-order valence-corrected chi connectivity index (χ2v) is 7.22. The number of para-hydroxylation sites is 2. The first-order valence-electron chi connectivity index (χ1n) is 9.86. The Hall–Kier alpha value is -2.35. The van der Waals surface area contributed by atoms with Crippen molar-refractivity contribution in [1.29, 1.82) is 0 Å². The smallest absolute Gasteiger partial charge is 0.274 e. The highest BCUT2D eigenvalue weighted by Crippen LogP contribution is 2.30. The Kier molecular flexibility index (Phi) is 6.26. The first kappa shape index (κ1) is 19.0. The van der Waals surface area contributed by atoms with Crippen molar-refractivity contribution in [2.75, 3.05) is 57.4 Å². The number of piperazine rings is 1. The highest BCUT2D eigenvalue weighted by molar-refractivity contribution is 5.40. The van der Waals surface area contributed by atoms with E-state index in [1.54, 1.807) is 0 Å². The molecular weight excluding hydrogens is 358 g/mol. The van der Waals surface area contributed by atoms with Crippen LogP contribution in [0, 0.1) is 0 Å². The van der Waals surface area contributed by atoms with Crippen LogP contribution in [0.15, 0.2) is 48.7 Å². The van der Waals surface area contributed by atoms with Crippen LogP contribution in [0.2, 0.25) is 0 Å². The Balaban J connectivity index is 1.14. The summed E-state index contributed by atoms with van der Waals surface area (Å²) in [4.78, 5) is 7.89. The van der Waals surface area contributed by atoms with Crippen molar-refractivity contribution < 1.29 is 24.3 Å². The largest absolute Gasteiger partial charge is 0.486 e. The van der Waals surface area contributed by atoms with Gasteiger partial charge in [-0.3, -0.25) is 9.80 Å². The normalized spacial score (nSPS) is 20.8. The van der Waals surface area contributed by atoms with E-state index >= 15 is 0 Å². The van der Waals surface area contributed by atoms with E-state index in [1.807, 2.05) is 42.6 Å². The van der Waals surface area contributed by atoms with Crippen LogP contribution >= 0.6 is 0 Å². The Labute approximate surface area is 165 Å². The summed E-state index contributed by atoms with van der Waals surface area (Å²) in [6.07, 6.45) is 1.29. The molecule has 0 amide bonds. The maximum atomic E-state index is 10.3. The lowest BCUT2D eigenvalue weighted by Crippen LogP contribution is -2.50. The zero-order valence-corrected chi connectivity index (χ0v) is 16.0. The van der Waals surface area contributed by atoms with Crippen LogP contribution in [0.25, 0.3) is 0 Å². The van der Waals surface area contributed by atoms with E-state index in [0.29, 0.717) is 26.4 Å². The average Bonchev–Trinajstić information content (AvgIpc) is 2.75. The molecule has 28 heavy (non-hydrogen) atoms. The summed E-state index contributed by atoms with van der Waals surface area (Å²) in [6, 6.07) is 13.7. The van der Waals surface area contributed by atoms with Crippen molar-refractivity contribution in [3.63, 3.8) is 0 Å². The highest BCUT2D eigenvalue weighted by Gasteiger charge is 2.25. The highest BCUT2D eigenvalue weighted by atomic mass is 16.6. The maximum Gasteiger partial charge on any atom is 0.274 e. The van der Waals surface area contributed by atoms with Crippen LogP contribution in [0.5, 0.6) is 11.5 Å². The first-order valence-corrected chi connectivity index (χ1v) is 9.86. The van der Waals surface area contributed by atoms with Gasteiger partial charge in [0.05, 0.1) is 38.6 Å². The Morgan fingerprint density at radius 2 is 1.86 bits per heavy atom. The number of aromatic amines is 1. The Morgan fingerprint density at radius 3 is 2.64 bits per heavy atom. The van der Waals surface area contributed by atoms with Crippen LogP contribution in [0.1, 0.15) is 0 Å². The zero-order chi connectivity index (χ0) is 19.2. The SMILES string of the molecule is O[C@H](COC[C@H]1COc2ccccc2O1)CN1CCN(c2cccc[nH+]2)CC1. The lowest BCUT2D eigenvalue weighted by Gasteiger charge is -2.32. The molecule has 2 atom stereocenters. The summed E-state index contributed by atoms with van der Waals surface area (Å²) in [7, 11) is 0. The van der Waals surface area contributed by atoms with E-state index in [-0.39, 0.29) is 6.10 Å². The van der Waals surface area contributed by atoms with Gasteiger partial charge in [0.15, 0.2) is 17.6 Å². The standard InChI is InChI=1S/C21H27N3O4/c25-17(13-23-9-11-24(12-10-23)21-7-3-4-8-22-21)14-26-15-18-16-27-19-5-1-2-6-20(19)28-18/h1-8,17-18,25H,9-16H2/p+1/t17-,18-/m0/s1. The molecule has 0 unspecified atom stereocenters. The number of hydrogen-bond donors (Lipinski definition) is 1. The van der Waals surface area contributed by atoms with E-state index in [1.165, 1.54) is 0 Å². The molecule has 0 radical (unpaired) electrons. The molecule has 7 heteroatoms. The van der Waals surface area contributed by atoms with Gasteiger partial charge in [-0.25, -0.2) is 4.98 Å². The molecule has 1 saturated heterocycles. The average molecular weight is 386 g/mol. The lowest BCUT2D eigenvalue weighted by molar-refractivity contribution is -0.364. The minimum absolute atomic E-state index is 0.146. The lowest BCUT2D eigenvalue weighted by atomic mass is 10.2. The second-order valence-electron chi connectivity index (χ2n) is 7.22. The van der Waals surface area contributed by atoms with Gasteiger partial charge in [-0.1, -0.05) is 18.2 Å². The fourth-order valence-electron chi connectivity index (χ4n) is 3.58. The zero-order valence-electron chi connectivity index (χ0n) is 16.0. The number of H-pyrrole nitrogens is 1. The minimum Gasteiger partial charge on any atom is -0.486 e. The number of anilines is 1. The van der Waals surface area contributed by atoms with Gasteiger partial charge < -0.3 is 19.3 Å². The molecule has 0 bridgehead atoms. The van der Waals surface area contributed by atoms with Gasteiger partial charge >= 0.3 is 0 Å². The van der Waals surface area contributed by atoms with Gasteiger partial charge in [-0.2, -0.15) is 0 Å². The van der Waals surface area contributed by atoms with Gasteiger partial charge in [0, 0.05) is 25.7 Å². The van der Waals surface area contributed by atoms with Crippen LogP contribution < -0.4 is 19.4 Å². The number of ether oxygens (including phenoxy) is 3. The second kappa shape index (κ2) is 9.23. The summed E-state index contributed by atoms with van der Waals surface area (Å²) in [5.74, 6) is 2.66. The third-order valence-electron chi connectivity index (χ3n) is 5.06. The number of fused-ring (bicyclic) bond motifs is 1. The molecule has 1 fully saturated rings. The summed E-state index contributed by atoms with van der Waals surface area (Å²) in [5, 5.41) is 10.3. The number of pyridine rings is 1. The molecule has 0 spiro atoms. The molecule has 7 nitrogen and oxygen atoms in total. The molecule has 1 aromatic heterocycles. The van der Waals surface area contributed by atoms with Crippen molar-refractivity contribution in [2.45, 2.75) is 12.2 Å². The topological polar surface area (TPSA) is 68.5 Å². The van der Waals surface area contributed by atoms with Crippen LogP contribution in [0.4, 0.5) is 5.82 Å². The third-order valence-corrected chi connectivity index (χ3v) is 5.06. The fraction of sp³-hybridized carbons (Fsp3) is 0.476. The molecule has 2 N–H and O–H groups in total. The molecule has 1 aromatic carbocycles. The number of rotatable bonds is 7. The van der Waals surface area contributed by atoms with Gasteiger partial charge in [0.2, 0.25) is 0 Å². The molecule has 2 aliphatic heterocycles. The van der Waals surface area contributed by atoms with Gasteiger partial charge in [0.1, 0.15) is 6.61 Å². The van der Waals surface area contributed by atoms with Crippen LogP contribution in [0.3, 0.4) is 0 Å². The number of nitrogens with zero attached hydrogens (tertiary/aromatic N) is 2. The van der Waals surface area contributed by atoms with E-state index in [9.17, 15) is 5.11 Å². The van der Waals surface area contributed by atoms with E-state index in [4.69, 9.17) is 14.2 Å². The van der Waals surface area contributed by atoms with Gasteiger partial charge in [-0.15, -0.1) is 0 Å².